The number of hydrogen-bond acceptors (Lipinski definition) is 4. The van der Waals surface area contributed by atoms with Crippen LogP contribution in [0.1, 0.15) is 42.0 Å². The fourth-order valence-corrected chi connectivity index (χ4v) is 3.31. The van der Waals surface area contributed by atoms with Crippen LogP contribution in [0.2, 0.25) is 0 Å². The van der Waals surface area contributed by atoms with Crippen LogP contribution in [0.3, 0.4) is 0 Å². The third-order valence-corrected chi connectivity index (χ3v) is 4.84. The molecule has 0 saturated heterocycles. The van der Waals surface area contributed by atoms with E-state index in [0.29, 0.717) is 12.5 Å². The minimum atomic E-state index is 0.225. The lowest BCUT2D eigenvalue weighted by Gasteiger charge is -2.18. The van der Waals surface area contributed by atoms with Crippen molar-refractivity contribution in [3.63, 3.8) is 0 Å². The SMILES string of the molecule is COCOc1ccc(Oc2c(C)cc(OCc3ccccc3)cc2C)cc1C(C)C. The molecule has 3 aromatic carbocycles. The Bertz CT molecular complexity index is 941. The lowest BCUT2D eigenvalue weighted by Crippen LogP contribution is -2.03. The Hall–Kier alpha value is -2.98. The molecule has 0 aromatic heterocycles. The van der Waals surface area contributed by atoms with Crippen LogP contribution < -0.4 is 14.2 Å². The van der Waals surface area contributed by atoms with Crippen molar-refractivity contribution in [2.45, 2.75) is 40.2 Å². The van der Waals surface area contributed by atoms with E-state index in [1.54, 1.807) is 7.11 Å². The van der Waals surface area contributed by atoms with Crippen molar-refractivity contribution in [3.8, 4) is 23.0 Å². The normalized spacial score (nSPS) is 10.9. The van der Waals surface area contributed by atoms with Crippen molar-refractivity contribution in [2.75, 3.05) is 13.9 Å². The van der Waals surface area contributed by atoms with E-state index >= 15 is 0 Å². The van der Waals surface area contributed by atoms with Gasteiger partial charge >= 0.3 is 0 Å². The highest BCUT2D eigenvalue weighted by Crippen LogP contribution is 2.36. The number of hydrogen-bond donors (Lipinski definition) is 0. The molecule has 0 aliphatic carbocycles. The van der Waals surface area contributed by atoms with Gasteiger partial charge in [0.15, 0.2) is 6.79 Å². The largest absolute Gasteiger partial charge is 0.489 e. The van der Waals surface area contributed by atoms with Crippen LogP contribution in [0, 0.1) is 13.8 Å². The fourth-order valence-electron chi connectivity index (χ4n) is 3.31. The summed E-state index contributed by atoms with van der Waals surface area (Å²) in [5.74, 6) is 3.59. The van der Waals surface area contributed by atoms with Crippen LogP contribution in [0.15, 0.2) is 60.7 Å². The first-order chi connectivity index (χ1) is 14.5. The van der Waals surface area contributed by atoms with E-state index in [1.165, 1.54) is 0 Å². The predicted octanol–water partition coefficient (Wildman–Crippen LogP) is 6.78. The average Bonchev–Trinajstić information content (AvgIpc) is 2.74. The molecule has 0 fully saturated rings. The Balaban J connectivity index is 1.77. The van der Waals surface area contributed by atoms with E-state index in [1.807, 2.05) is 62.4 Å². The predicted molar refractivity (Wildman–Crippen MR) is 120 cm³/mol. The van der Waals surface area contributed by atoms with Crippen molar-refractivity contribution in [3.05, 3.63) is 82.9 Å². The van der Waals surface area contributed by atoms with Crippen LogP contribution in [-0.2, 0) is 11.3 Å². The highest BCUT2D eigenvalue weighted by atomic mass is 16.7. The minimum absolute atomic E-state index is 0.225. The molecule has 3 rings (SSSR count). The highest BCUT2D eigenvalue weighted by molar-refractivity contribution is 5.50. The van der Waals surface area contributed by atoms with Gasteiger partial charge in [-0.1, -0.05) is 44.2 Å². The second kappa shape index (κ2) is 10.2. The number of methoxy groups -OCH3 is 1. The van der Waals surface area contributed by atoms with Gasteiger partial charge in [0.25, 0.3) is 0 Å². The number of ether oxygens (including phenoxy) is 4. The second-order valence-electron chi connectivity index (χ2n) is 7.67. The summed E-state index contributed by atoms with van der Waals surface area (Å²) in [5.41, 5.74) is 4.29. The van der Waals surface area contributed by atoms with Gasteiger partial charge in [-0.25, -0.2) is 0 Å². The standard InChI is InChI=1S/C26H30O4/c1-18(2)24-15-22(11-12-25(24)29-17-27-5)30-26-19(3)13-23(14-20(26)4)28-16-21-9-7-6-8-10-21/h6-15,18H,16-17H2,1-5H3. The summed E-state index contributed by atoms with van der Waals surface area (Å²) in [6, 6.07) is 20.1. The van der Waals surface area contributed by atoms with E-state index in [2.05, 4.69) is 26.0 Å². The molecule has 0 aliphatic heterocycles. The molecule has 0 bridgehead atoms. The zero-order valence-corrected chi connectivity index (χ0v) is 18.4. The van der Waals surface area contributed by atoms with Crippen LogP contribution >= 0.6 is 0 Å². The lowest BCUT2D eigenvalue weighted by atomic mass is 10.0. The maximum absolute atomic E-state index is 6.27. The summed E-state index contributed by atoms with van der Waals surface area (Å²) in [7, 11) is 1.62. The Morgan fingerprint density at radius 3 is 2.13 bits per heavy atom. The van der Waals surface area contributed by atoms with Gasteiger partial charge in [-0.05, 0) is 66.8 Å². The van der Waals surface area contributed by atoms with Crippen molar-refractivity contribution in [1.29, 1.82) is 0 Å². The molecule has 158 valence electrons. The maximum atomic E-state index is 6.27. The molecule has 0 N–H and O–H groups in total. The van der Waals surface area contributed by atoms with E-state index in [0.717, 1.165) is 45.3 Å². The summed E-state index contributed by atoms with van der Waals surface area (Å²) in [6.07, 6.45) is 0. The smallest absolute Gasteiger partial charge is 0.188 e. The van der Waals surface area contributed by atoms with E-state index in [9.17, 15) is 0 Å². The molecule has 3 aromatic rings. The lowest BCUT2D eigenvalue weighted by molar-refractivity contribution is 0.0502. The molecule has 30 heavy (non-hydrogen) atoms. The molecule has 4 heteroatoms. The first-order valence-electron chi connectivity index (χ1n) is 10.2. The molecular formula is C26H30O4. The van der Waals surface area contributed by atoms with E-state index in [4.69, 9.17) is 18.9 Å². The molecule has 0 heterocycles. The van der Waals surface area contributed by atoms with Crippen LogP contribution in [-0.4, -0.2) is 13.9 Å². The third kappa shape index (κ3) is 5.55. The van der Waals surface area contributed by atoms with E-state index in [-0.39, 0.29) is 6.79 Å². The van der Waals surface area contributed by atoms with Crippen molar-refractivity contribution >= 4 is 0 Å². The number of rotatable bonds is 9. The number of aryl methyl sites for hydroxylation is 2. The monoisotopic (exact) mass is 406 g/mol. The van der Waals surface area contributed by atoms with Gasteiger partial charge in [-0.15, -0.1) is 0 Å². The van der Waals surface area contributed by atoms with Gasteiger partial charge in [0.05, 0.1) is 0 Å². The topological polar surface area (TPSA) is 36.9 Å². The van der Waals surface area contributed by atoms with Gasteiger partial charge in [-0.2, -0.15) is 0 Å². The first-order valence-corrected chi connectivity index (χ1v) is 10.2. The molecule has 0 spiro atoms. The molecule has 4 nitrogen and oxygen atoms in total. The van der Waals surface area contributed by atoms with Gasteiger partial charge in [0.1, 0.15) is 29.6 Å². The first kappa shape index (κ1) is 21.7. The average molecular weight is 407 g/mol. The van der Waals surface area contributed by atoms with Gasteiger partial charge in [-0.3, -0.25) is 0 Å². The summed E-state index contributed by atoms with van der Waals surface area (Å²) in [5, 5.41) is 0. The Labute approximate surface area is 179 Å². The van der Waals surface area contributed by atoms with Crippen molar-refractivity contribution in [2.24, 2.45) is 0 Å². The Morgan fingerprint density at radius 1 is 0.800 bits per heavy atom. The van der Waals surface area contributed by atoms with Gasteiger partial charge < -0.3 is 18.9 Å². The minimum Gasteiger partial charge on any atom is -0.489 e. The molecule has 0 amide bonds. The summed E-state index contributed by atoms with van der Waals surface area (Å²) in [4.78, 5) is 0. The molecule has 0 unspecified atom stereocenters. The molecule has 0 radical (unpaired) electrons. The van der Waals surface area contributed by atoms with Crippen LogP contribution in [0.4, 0.5) is 0 Å². The van der Waals surface area contributed by atoms with Gasteiger partial charge in [0.2, 0.25) is 0 Å². The quantitative estimate of drug-likeness (QED) is 0.367. The summed E-state index contributed by atoms with van der Waals surface area (Å²) < 4.78 is 23.0. The maximum Gasteiger partial charge on any atom is 0.188 e. The van der Waals surface area contributed by atoms with Crippen LogP contribution in [0.5, 0.6) is 23.0 Å². The Kier molecular flexibility index (Phi) is 7.36. The molecule has 0 atom stereocenters. The summed E-state index contributed by atoms with van der Waals surface area (Å²) >= 11 is 0. The molecule has 0 saturated carbocycles. The fraction of sp³-hybridized carbons (Fsp3) is 0.308. The Morgan fingerprint density at radius 2 is 1.50 bits per heavy atom. The second-order valence-corrected chi connectivity index (χ2v) is 7.67. The molecular weight excluding hydrogens is 376 g/mol. The zero-order valence-electron chi connectivity index (χ0n) is 18.4. The third-order valence-electron chi connectivity index (χ3n) is 4.84. The van der Waals surface area contributed by atoms with E-state index < -0.39 is 0 Å². The van der Waals surface area contributed by atoms with Gasteiger partial charge in [0, 0.05) is 12.7 Å². The number of benzene rings is 3. The highest BCUT2D eigenvalue weighted by Gasteiger charge is 2.13. The molecule has 0 aliphatic rings. The van der Waals surface area contributed by atoms with Crippen molar-refractivity contribution < 1.29 is 18.9 Å². The zero-order chi connectivity index (χ0) is 21.5. The van der Waals surface area contributed by atoms with Crippen LogP contribution in [0.25, 0.3) is 0 Å². The summed E-state index contributed by atoms with van der Waals surface area (Å²) in [6.45, 7) is 9.11. The van der Waals surface area contributed by atoms with Crippen molar-refractivity contribution in [1.82, 2.24) is 0 Å².